The molecule has 0 radical (unpaired) electrons. The van der Waals surface area contributed by atoms with E-state index in [9.17, 15) is 9.59 Å². The molecular formula is C16H22N2O3. The molecule has 114 valence electrons. The number of nitrogens with zero attached hydrogens (tertiary/aromatic N) is 1. The molecule has 0 aliphatic carbocycles. The number of nitrogens with one attached hydrogen (secondary N) is 1. The second-order valence-electron chi connectivity index (χ2n) is 5.20. The lowest BCUT2D eigenvalue weighted by Gasteiger charge is -2.22. The maximum absolute atomic E-state index is 12.1. The number of benzene rings is 1. The van der Waals surface area contributed by atoms with Crippen LogP contribution >= 0.6 is 0 Å². The molecule has 0 saturated carbocycles. The molecule has 0 bridgehead atoms. The normalized spacial score (nSPS) is 17.6. The minimum absolute atomic E-state index is 0.0778. The Morgan fingerprint density at radius 2 is 2.10 bits per heavy atom. The Morgan fingerprint density at radius 3 is 2.81 bits per heavy atom. The first-order valence-electron chi connectivity index (χ1n) is 7.38. The standard InChI is InChI=1S/C16H22N2O3/c1-21-16(20)18-12-6-10-14(18)15(19)17-11-5-9-13-7-3-2-4-8-13/h2-4,7-8,14H,5-6,9-12H2,1H3,(H,17,19). The van der Waals surface area contributed by atoms with Gasteiger partial charge in [-0.1, -0.05) is 30.3 Å². The Hall–Kier alpha value is -2.04. The number of carbonyl (C=O) groups excluding carboxylic acids is 2. The number of hydrogen-bond donors (Lipinski definition) is 1. The van der Waals surface area contributed by atoms with Crippen molar-refractivity contribution in [2.75, 3.05) is 20.2 Å². The van der Waals surface area contributed by atoms with Gasteiger partial charge in [0.15, 0.2) is 0 Å². The summed E-state index contributed by atoms with van der Waals surface area (Å²) in [6.45, 7) is 1.22. The van der Waals surface area contributed by atoms with Crippen molar-refractivity contribution in [2.24, 2.45) is 0 Å². The summed E-state index contributed by atoms with van der Waals surface area (Å²) in [5.41, 5.74) is 1.27. The lowest BCUT2D eigenvalue weighted by Crippen LogP contribution is -2.46. The second kappa shape index (κ2) is 7.67. The highest BCUT2D eigenvalue weighted by Gasteiger charge is 2.34. The zero-order valence-corrected chi connectivity index (χ0v) is 12.4. The monoisotopic (exact) mass is 290 g/mol. The highest BCUT2D eigenvalue weighted by molar-refractivity contribution is 5.86. The van der Waals surface area contributed by atoms with Crippen molar-refractivity contribution in [3.63, 3.8) is 0 Å². The number of aryl methyl sites for hydroxylation is 1. The van der Waals surface area contributed by atoms with Crippen LogP contribution in [0.4, 0.5) is 4.79 Å². The van der Waals surface area contributed by atoms with E-state index in [-0.39, 0.29) is 11.9 Å². The van der Waals surface area contributed by atoms with Gasteiger partial charge in [-0.25, -0.2) is 4.79 Å². The smallest absolute Gasteiger partial charge is 0.410 e. The number of methoxy groups -OCH3 is 1. The molecule has 1 N–H and O–H groups in total. The van der Waals surface area contributed by atoms with Crippen LogP contribution in [0.1, 0.15) is 24.8 Å². The van der Waals surface area contributed by atoms with Gasteiger partial charge in [0.2, 0.25) is 5.91 Å². The molecule has 1 atom stereocenters. The molecule has 0 spiro atoms. The fraction of sp³-hybridized carbons (Fsp3) is 0.500. The van der Waals surface area contributed by atoms with Crippen molar-refractivity contribution < 1.29 is 14.3 Å². The van der Waals surface area contributed by atoms with Gasteiger partial charge < -0.3 is 10.1 Å². The minimum atomic E-state index is -0.420. The molecule has 0 aromatic heterocycles. The molecule has 1 saturated heterocycles. The van der Waals surface area contributed by atoms with Crippen LogP contribution in [-0.2, 0) is 16.0 Å². The third-order valence-corrected chi connectivity index (χ3v) is 3.75. The Bertz CT molecular complexity index is 476. The lowest BCUT2D eigenvalue weighted by atomic mass is 10.1. The van der Waals surface area contributed by atoms with E-state index in [2.05, 4.69) is 17.4 Å². The van der Waals surface area contributed by atoms with Crippen molar-refractivity contribution in [1.82, 2.24) is 10.2 Å². The Kier molecular flexibility index (Phi) is 5.60. The third-order valence-electron chi connectivity index (χ3n) is 3.75. The third kappa shape index (κ3) is 4.21. The quantitative estimate of drug-likeness (QED) is 0.843. The average Bonchev–Trinajstić information content (AvgIpc) is 3.01. The van der Waals surface area contributed by atoms with E-state index < -0.39 is 6.09 Å². The first kappa shape index (κ1) is 15.4. The highest BCUT2D eigenvalue weighted by atomic mass is 16.5. The molecule has 2 rings (SSSR count). The van der Waals surface area contributed by atoms with Crippen molar-refractivity contribution in [3.8, 4) is 0 Å². The maximum atomic E-state index is 12.1. The number of carbonyl (C=O) groups is 2. The summed E-state index contributed by atoms with van der Waals surface area (Å²) in [5.74, 6) is -0.0778. The van der Waals surface area contributed by atoms with Crippen LogP contribution < -0.4 is 5.32 Å². The van der Waals surface area contributed by atoms with E-state index >= 15 is 0 Å². The number of hydrogen-bond acceptors (Lipinski definition) is 3. The largest absolute Gasteiger partial charge is 0.453 e. The molecule has 1 unspecified atom stereocenters. The summed E-state index contributed by atoms with van der Waals surface area (Å²) in [7, 11) is 1.34. The molecule has 1 heterocycles. The van der Waals surface area contributed by atoms with Crippen molar-refractivity contribution in [3.05, 3.63) is 35.9 Å². The SMILES string of the molecule is COC(=O)N1CCCC1C(=O)NCCCc1ccccc1. The van der Waals surface area contributed by atoms with Crippen LogP contribution in [0.15, 0.2) is 30.3 Å². The molecule has 1 aliphatic heterocycles. The zero-order chi connectivity index (χ0) is 15.1. The van der Waals surface area contributed by atoms with E-state index in [0.717, 1.165) is 19.3 Å². The van der Waals surface area contributed by atoms with Gasteiger partial charge in [-0.3, -0.25) is 9.69 Å². The molecule has 5 heteroatoms. The summed E-state index contributed by atoms with van der Waals surface area (Å²) in [6, 6.07) is 9.80. The number of amides is 2. The fourth-order valence-electron chi connectivity index (χ4n) is 2.64. The maximum Gasteiger partial charge on any atom is 0.410 e. The topological polar surface area (TPSA) is 58.6 Å². The lowest BCUT2D eigenvalue weighted by molar-refractivity contribution is -0.125. The van der Waals surface area contributed by atoms with Crippen LogP contribution in [0.5, 0.6) is 0 Å². The van der Waals surface area contributed by atoms with Gasteiger partial charge in [-0.15, -0.1) is 0 Å². The van der Waals surface area contributed by atoms with E-state index in [1.165, 1.54) is 17.6 Å². The molecule has 1 aliphatic rings. The van der Waals surface area contributed by atoms with E-state index in [0.29, 0.717) is 19.5 Å². The molecule has 1 fully saturated rings. The van der Waals surface area contributed by atoms with Crippen LogP contribution in [-0.4, -0.2) is 43.1 Å². The number of likely N-dealkylation sites (tertiary alicyclic amines) is 1. The average molecular weight is 290 g/mol. The first-order valence-corrected chi connectivity index (χ1v) is 7.38. The zero-order valence-electron chi connectivity index (χ0n) is 12.4. The summed E-state index contributed by atoms with van der Waals surface area (Å²) < 4.78 is 4.71. The summed E-state index contributed by atoms with van der Waals surface area (Å²) in [6.07, 6.45) is 2.96. The molecule has 21 heavy (non-hydrogen) atoms. The van der Waals surface area contributed by atoms with Gasteiger partial charge in [0, 0.05) is 13.1 Å². The summed E-state index contributed by atoms with van der Waals surface area (Å²) in [5, 5.41) is 2.92. The Morgan fingerprint density at radius 1 is 1.33 bits per heavy atom. The van der Waals surface area contributed by atoms with Crippen molar-refractivity contribution >= 4 is 12.0 Å². The van der Waals surface area contributed by atoms with E-state index in [4.69, 9.17) is 4.74 Å². The number of ether oxygens (including phenoxy) is 1. The van der Waals surface area contributed by atoms with Gasteiger partial charge in [0.05, 0.1) is 7.11 Å². The van der Waals surface area contributed by atoms with Crippen molar-refractivity contribution in [1.29, 1.82) is 0 Å². The summed E-state index contributed by atoms with van der Waals surface area (Å²) >= 11 is 0. The molecular weight excluding hydrogens is 268 g/mol. The van der Waals surface area contributed by atoms with E-state index in [1.807, 2.05) is 18.2 Å². The van der Waals surface area contributed by atoms with Crippen LogP contribution in [0, 0.1) is 0 Å². The van der Waals surface area contributed by atoms with Crippen LogP contribution in [0.3, 0.4) is 0 Å². The van der Waals surface area contributed by atoms with Gasteiger partial charge in [0.1, 0.15) is 6.04 Å². The van der Waals surface area contributed by atoms with Crippen LogP contribution in [0.25, 0.3) is 0 Å². The predicted octanol–water partition coefficient (Wildman–Crippen LogP) is 1.97. The fourth-order valence-corrected chi connectivity index (χ4v) is 2.64. The molecule has 2 amide bonds. The summed E-state index contributed by atoms with van der Waals surface area (Å²) in [4.78, 5) is 25.2. The Balaban J connectivity index is 1.73. The van der Waals surface area contributed by atoms with Crippen molar-refractivity contribution in [2.45, 2.75) is 31.7 Å². The molecule has 1 aromatic carbocycles. The highest BCUT2D eigenvalue weighted by Crippen LogP contribution is 2.18. The Labute approximate surface area is 125 Å². The van der Waals surface area contributed by atoms with Gasteiger partial charge in [0.25, 0.3) is 0 Å². The first-order chi connectivity index (χ1) is 10.2. The molecule has 5 nitrogen and oxygen atoms in total. The predicted molar refractivity (Wildman–Crippen MR) is 79.9 cm³/mol. The van der Waals surface area contributed by atoms with E-state index in [1.54, 1.807) is 0 Å². The second-order valence-corrected chi connectivity index (χ2v) is 5.20. The number of rotatable bonds is 5. The van der Waals surface area contributed by atoms with Gasteiger partial charge >= 0.3 is 6.09 Å². The van der Waals surface area contributed by atoms with Gasteiger partial charge in [-0.05, 0) is 31.2 Å². The molecule has 1 aromatic rings. The van der Waals surface area contributed by atoms with Crippen LogP contribution in [0.2, 0.25) is 0 Å². The van der Waals surface area contributed by atoms with Gasteiger partial charge in [-0.2, -0.15) is 0 Å². The minimum Gasteiger partial charge on any atom is -0.453 e.